The van der Waals surface area contributed by atoms with Crippen LogP contribution in [0.25, 0.3) is 0 Å². The van der Waals surface area contributed by atoms with Gasteiger partial charge in [-0.1, -0.05) is 20.8 Å². The van der Waals surface area contributed by atoms with Gasteiger partial charge in [-0.3, -0.25) is 4.79 Å². The Bertz CT molecular complexity index is 347. The van der Waals surface area contributed by atoms with Crippen LogP contribution in [0.1, 0.15) is 48.0 Å². The second-order valence-electron chi connectivity index (χ2n) is 6.71. The topological polar surface area (TPSA) is 67.4 Å². The summed E-state index contributed by atoms with van der Waals surface area (Å²) in [4.78, 5) is 23.1. The van der Waals surface area contributed by atoms with E-state index < -0.39 is 11.7 Å². The number of β-lactam (4-membered cyclic amide) rings is 1. The summed E-state index contributed by atoms with van der Waals surface area (Å²) in [5, 5.41) is 5.74. The number of rotatable bonds is 4. The zero-order chi connectivity index (χ0) is 14.8. The Balaban J connectivity index is 2.60. The van der Waals surface area contributed by atoms with Crippen LogP contribution in [0, 0.1) is 11.8 Å². The van der Waals surface area contributed by atoms with Gasteiger partial charge in [0, 0.05) is 0 Å². The molecule has 0 aliphatic carbocycles. The van der Waals surface area contributed by atoms with E-state index in [9.17, 15) is 9.59 Å². The van der Waals surface area contributed by atoms with Crippen molar-refractivity contribution in [2.24, 2.45) is 11.8 Å². The van der Waals surface area contributed by atoms with E-state index in [0.29, 0.717) is 5.92 Å². The van der Waals surface area contributed by atoms with E-state index in [1.165, 1.54) is 0 Å². The molecule has 5 nitrogen and oxygen atoms in total. The molecular weight excluding hydrogens is 244 g/mol. The largest absolute Gasteiger partial charge is 0.444 e. The van der Waals surface area contributed by atoms with Gasteiger partial charge >= 0.3 is 6.09 Å². The van der Waals surface area contributed by atoms with Gasteiger partial charge in [-0.15, -0.1) is 0 Å². The molecule has 1 heterocycles. The minimum absolute atomic E-state index is 0.00224. The third-order valence-electron chi connectivity index (χ3n) is 3.12. The van der Waals surface area contributed by atoms with Crippen LogP contribution in [0.2, 0.25) is 0 Å². The first-order chi connectivity index (χ1) is 8.60. The maximum atomic E-state index is 11.8. The van der Waals surface area contributed by atoms with Gasteiger partial charge in [-0.25, -0.2) is 4.79 Å². The summed E-state index contributed by atoms with van der Waals surface area (Å²) in [7, 11) is 0. The predicted molar refractivity (Wildman–Crippen MR) is 73.7 cm³/mol. The van der Waals surface area contributed by atoms with Crippen LogP contribution >= 0.6 is 0 Å². The molecule has 0 saturated carbocycles. The van der Waals surface area contributed by atoms with Crippen LogP contribution in [0.5, 0.6) is 0 Å². The van der Waals surface area contributed by atoms with Crippen molar-refractivity contribution in [3.63, 3.8) is 0 Å². The summed E-state index contributed by atoms with van der Waals surface area (Å²) in [5.41, 5.74) is -0.513. The van der Waals surface area contributed by atoms with Crippen molar-refractivity contribution in [2.75, 3.05) is 0 Å². The van der Waals surface area contributed by atoms with E-state index >= 15 is 0 Å². The molecule has 1 saturated heterocycles. The molecule has 1 aliphatic rings. The fourth-order valence-corrected chi connectivity index (χ4v) is 2.20. The molecule has 110 valence electrons. The van der Waals surface area contributed by atoms with Crippen molar-refractivity contribution in [3.8, 4) is 0 Å². The molecule has 0 radical (unpaired) electrons. The van der Waals surface area contributed by atoms with Crippen LogP contribution in [-0.2, 0) is 9.53 Å². The molecule has 3 atom stereocenters. The lowest BCUT2D eigenvalue weighted by molar-refractivity contribution is -0.135. The summed E-state index contributed by atoms with van der Waals surface area (Å²) in [6, 6.07) is -0.0787. The van der Waals surface area contributed by atoms with Gasteiger partial charge in [0.25, 0.3) is 0 Å². The summed E-state index contributed by atoms with van der Waals surface area (Å²) >= 11 is 0. The normalized spacial score (nSPS) is 24.5. The molecule has 19 heavy (non-hydrogen) atoms. The molecule has 1 rings (SSSR count). The molecule has 1 aliphatic heterocycles. The summed E-state index contributed by atoms with van der Waals surface area (Å²) in [6.45, 7) is 11.6. The second-order valence-corrected chi connectivity index (χ2v) is 6.71. The molecule has 0 aromatic heterocycles. The Labute approximate surface area is 115 Å². The molecule has 0 bridgehead atoms. The highest BCUT2D eigenvalue weighted by atomic mass is 16.6. The van der Waals surface area contributed by atoms with Crippen LogP contribution in [0.15, 0.2) is 0 Å². The molecule has 0 spiro atoms. The first kappa shape index (κ1) is 15.8. The fraction of sp³-hybridized carbons (Fsp3) is 0.857. The van der Waals surface area contributed by atoms with Crippen LogP contribution < -0.4 is 10.6 Å². The number of carbonyl (C=O) groups is 2. The average Bonchev–Trinajstić information content (AvgIpc) is 2.21. The van der Waals surface area contributed by atoms with Gasteiger partial charge in [0.15, 0.2) is 0 Å². The van der Waals surface area contributed by atoms with Crippen molar-refractivity contribution < 1.29 is 14.3 Å². The van der Waals surface area contributed by atoms with Gasteiger partial charge in [0.1, 0.15) is 5.60 Å². The quantitative estimate of drug-likeness (QED) is 0.768. The van der Waals surface area contributed by atoms with Crippen molar-refractivity contribution in [1.82, 2.24) is 10.6 Å². The highest BCUT2D eigenvalue weighted by Crippen LogP contribution is 2.22. The lowest BCUT2D eigenvalue weighted by Gasteiger charge is -2.41. The molecule has 1 fully saturated rings. The Kier molecular flexibility index (Phi) is 4.82. The number of nitrogens with one attached hydrogen (secondary N) is 2. The van der Waals surface area contributed by atoms with Crippen LogP contribution in [0.3, 0.4) is 0 Å². The van der Waals surface area contributed by atoms with Crippen molar-refractivity contribution in [1.29, 1.82) is 0 Å². The van der Waals surface area contributed by atoms with E-state index in [-0.39, 0.29) is 23.9 Å². The van der Waals surface area contributed by atoms with E-state index in [1.807, 2.05) is 27.7 Å². The Morgan fingerprint density at radius 2 is 2.00 bits per heavy atom. The van der Waals surface area contributed by atoms with Crippen molar-refractivity contribution in [3.05, 3.63) is 0 Å². The Morgan fingerprint density at radius 3 is 2.37 bits per heavy atom. The third kappa shape index (κ3) is 4.73. The minimum Gasteiger partial charge on any atom is -0.444 e. The zero-order valence-corrected chi connectivity index (χ0v) is 12.7. The number of hydrogen-bond donors (Lipinski definition) is 2. The number of hydrogen-bond acceptors (Lipinski definition) is 3. The van der Waals surface area contributed by atoms with E-state index in [4.69, 9.17) is 4.74 Å². The Morgan fingerprint density at radius 1 is 1.42 bits per heavy atom. The fourth-order valence-electron chi connectivity index (χ4n) is 2.20. The van der Waals surface area contributed by atoms with Gasteiger partial charge in [-0.05, 0) is 33.1 Å². The predicted octanol–water partition coefficient (Wildman–Crippen LogP) is 2.06. The molecule has 0 unspecified atom stereocenters. The maximum absolute atomic E-state index is 11.8. The molecule has 0 aromatic carbocycles. The molecular formula is C14H26N2O3. The van der Waals surface area contributed by atoms with Crippen molar-refractivity contribution in [2.45, 2.75) is 65.6 Å². The average molecular weight is 270 g/mol. The minimum atomic E-state index is -0.513. The lowest BCUT2D eigenvalue weighted by Crippen LogP contribution is -2.66. The van der Waals surface area contributed by atoms with E-state index in [0.717, 1.165) is 6.42 Å². The highest BCUT2D eigenvalue weighted by molar-refractivity contribution is 5.86. The highest BCUT2D eigenvalue weighted by Gasteiger charge is 2.41. The number of carbonyl (C=O) groups excluding carboxylic acids is 2. The monoisotopic (exact) mass is 270 g/mol. The zero-order valence-electron chi connectivity index (χ0n) is 12.7. The molecule has 5 heteroatoms. The van der Waals surface area contributed by atoms with Crippen LogP contribution in [0.4, 0.5) is 4.79 Å². The molecule has 2 amide bonds. The van der Waals surface area contributed by atoms with E-state index in [1.54, 1.807) is 0 Å². The van der Waals surface area contributed by atoms with Crippen LogP contribution in [-0.4, -0.2) is 29.7 Å². The lowest BCUT2D eigenvalue weighted by atomic mass is 9.83. The molecule has 0 aromatic rings. The number of ether oxygens (including phenoxy) is 1. The maximum Gasteiger partial charge on any atom is 0.407 e. The molecule has 2 N–H and O–H groups in total. The second kappa shape index (κ2) is 5.80. The summed E-state index contributed by atoms with van der Waals surface area (Å²) in [5.74, 6) is 0.424. The first-order valence-corrected chi connectivity index (χ1v) is 6.90. The third-order valence-corrected chi connectivity index (χ3v) is 3.12. The van der Waals surface area contributed by atoms with Gasteiger partial charge in [0.2, 0.25) is 5.91 Å². The number of alkyl carbamates (subject to hydrolysis) is 1. The van der Waals surface area contributed by atoms with Crippen molar-refractivity contribution >= 4 is 12.0 Å². The number of amides is 2. The SMILES string of the molecule is CC(C)C[C@H](NC(=O)OC(C)(C)C)[C@H]1NC(=O)[C@H]1C. The smallest absolute Gasteiger partial charge is 0.407 e. The van der Waals surface area contributed by atoms with E-state index in [2.05, 4.69) is 24.5 Å². The van der Waals surface area contributed by atoms with Gasteiger partial charge < -0.3 is 15.4 Å². The van der Waals surface area contributed by atoms with Gasteiger partial charge in [-0.2, -0.15) is 0 Å². The summed E-state index contributed by atoms with van der Waals surface area (Å²) in [6.07, 6.45) is 0.389. The van der Waals surface area contributed by atoms with Gasteiger partial charge in [0.05, 0.1) is 18.0 Å². The Hall–Kier alpha value is -1.26. The first-order valence-electron chi connectivity index (χ1n) is 6.90. The standard InChI is InChI=1S/C14H26N2O3/c1-8(2)7-10(11-9(3)12(17)16-11)15-13(18)19-14(4,5)6/h8-11H,7H2,1-6H3,(H,15,18)(H,16,17)/t9-,10-,11-/m0/s1. The summed E-state index contributed by atoms with van der Waals surface area (Å²) < 4.78 is 5.27.